The minimum Gasteiger partial charge on any atom is -0.465 e. The Morgan fingerprint density at radius 3 is 2.68 bits per heavy atom. The Morgan fingerprint density at radius 1 is 1.14 bits per heavy atom. The number of carbonyl (C=O) groups is 2. The van der Waals surface area contributed by atoms with Crippen LogP contribution in [0.15, 0.2) is 42.5 Å². The summed E-state index contributed by atoms with van der Waals surface area (Å²) in [6.07, 6.45) is 3.01. The summed E-state index contributed by atoms with van der Waals surface area (Å²) in [5.41, 5.74) is 3.27. The summed E-state index contributed by atoms with van der Waals surface area (Å²) >= 11 is 0. The zero-order valence-corrected chi connectivity index (χ0v) is 15.1. The Morgan fingerprint density at radius 2 is 1.93 bits per heavy atom. The highest BCUT2D eigenvalue weighted by Crippen LogP contribution is 2.34. The second kappa shape index (κ2) is 7.34. The van der Waals surface area contributed by atoms with Gasteiger partial charge in [-0.05, 0) is 35.4 Å². The highest BCUT2D eigenvalue weighted by Gasteiger charge is 2.34. The first-order valence-electron chi connectivity index (χ1n) is 9.12. The third-order valence-corrected chi connectivity index (χ3v) is 5.10. The lowest BCUT2D eigenvalue weighted by Crippen LogP contribution is -2.54. The smallest absolute Gasteiger partial charge is 0.407 e. The first-order valence-corrected chi connectivity index (χ1v) is 9.12. The molecule has 0 bridgehead atoms. The largest absolute Gasteiger partial charge is 0.465 e. The lowest BCUT2D eigenvalue weighted by atomic mass is 10.1. The van der Waals surface area contributed by atoms with Gasteiger partial charge in [0, 0.05) is 26.1 Å². The van der Waals surface area contributed by atoms with Crippen LogP contribution in [-0.2, 0) is 4.79 Å². The molecule has 1 unspecified atom stereocenters. The van der Waals surface area contributed by atoms with Crippen LogP contribution < -0.4 is 10.2 Å². The third kappa shape index (κ3) is 3.69. The van der Waals surface area contributed by atoms with Crippen molar-refractivity contribution in [3.8, 4) is 0 Å². The van der Waals surface area contributed by atoms with E-state index in [1.165, 1.54) is 17.0 Å². The maximum atomic E-state index is 13.3. The Kier molecular flexibility index (Phi) is 4.73. The van der Waals surface area contributed by atoms with Gasteiger partial charge >= 0.3 is 6.09 Å². The van der Waals surface area contributed by atoms with Crippen molar-refractivity contribution in [1.29, 1.82) is 0 Å². The number of benzene rings is 2. The summed E-state index contributed by atoms with van der Waals surface area (Å²) in [7, 11) is 0. The predicted molar refractivity (Wildman–Crippen MR) is 106 cm³/mol. The Bertz CT molecular complexity index is 960. The monoisotopic (exact) mass is 381 g/mol. The van der Waals surface area contributed by atoms with E-state index in [1.807, 2.05) is 36.4 Å². The van der Waals surface area contributed by atoms with Gasteiger partial charge in [0.2, 0.25) is 5.91 Å². The fraction of sp³-hybridized carbons (Fsp3) is 0.238. The fourth-order valence-electron chi connectivity index (χ4n) is 3.73. The molecule has 144 valence electrons. The van der Waals surface area contributed by atoms with Gasteiger partial charge in [0.15, 0.2) is 0 Å². The molecule has 2 heterocycles. The molecule has 28 heavy (non-hydrogen) atoms. The second-order valence-corrected chi connectivity index (χ2v) is 6.99. The van der Waals surface area contributed by atoms with Gasteiger partial charge in [0.1, 0.15) is 5.82 Å². The van der Waals surface area contributed by atoms with Crippen LogP contribution in [-0.4, -0.2) is 47.7 Å². The van der Waals surface area contributed by atoms with Gasteiger partial charge in [-0.3, -0.25) is 4.79 Å². The van der Waals surface area contributed by atoms with Crippen molar-refractivity contribution in [2.24, 2.45) is 0 Å². The van der Waals surface area contributed by atoms with Crippen LogP contribution in [0.4, 0.5) is 20.6 Å². The van der Waals surface area contributed by atoms with Crippen LogP contribution in [0.2, 0.25) is 0 Å². The molecule has 2 N–H and O–H groups in total. The van der Waals surface area contributed by atoms with E-state index in [4.69, 9.17) is 0 Å². The quantitative estimate of drug-likeness (QED) is 0.781. The Labute approximate surface area is 161 Å². The van der Waals surface area contributed by atoms with Gasteiger partial charge in [0.25, 0.3) is 0 Å². The molecule has 0 spiro atoms. The number of nitrogens with zero attached hydrogens (tertiary/aromatic N) is 2. The number of hydrogen-bond acceptors (Lipinski definition) is 3. The molecule has 1 fully saturated rings. The molecular formula is C21H20FN3O3. The van der Waals surface area contributed by atoms with Crippen LogP contribution in [0.1, 0.15) is 17.5 Å². The van der Waals surface area contributed by atoms with Crippen LogP contribution in [0.3, 0.4) is 0 Å². The molecule has 2 aromatic carbocycles. The normalized spacial score (nSPS) is 19.0. The highest BCUT2D eigenvalue weighted by atomic mass is 19.1. The van der Waals surface area contributed by atoms with E-state index in [2.05, 4.69) is 10.2 Å². The van der Waals surface area contributed by atoms with E-state index in [0.29, 0.717) is 19.6 Å². The van der Waals surface area contributed by atoms with Gasteiger partial charge in [-0.1, -0.05) is 30.4 Å². The molecule has 2 aliphatic rings. The van der Waals surface area contributed by atoms with Crippen molar-refractivity contribution in [2.75, 3.05) is 29.9 Å². The number of carboxylic acid groups (broad SMARTS) is 1. The molecular weight excluding hydrogens is 361 g/mol. The van der Waals surface area contributed by atoms with Crippen molar-refractivity contribution in [3.05, 3.63) is 59.4 Å². The van der Waals surface area contributed by atoms with Crippen LogP contribution in [0.25, 0.3) is 12.2 Å². The molecule has 2 aliphatic heterocycles. The molecule has 7 heteroatoms. The van der Waals surface area contributed by atoms with E-state index >= 15 is 0 Å². The number of hydrogen-bond donors (Lipinski definition) is 2. The van der Waals surface area contributed by atoms with Gasteiger partial charge in [-0.25, -0.2) is 9.18 Å². The van der Waals surface area contributed by atoms with E-state index in [0.717, 1.165) is 22.5 Å². The van der Waals surface area contributed by atoms with Gasteiger partial charge in [-0.2, -0.15) is 0 Å². The number of halogens is 1. The summed E-state index contributed by atoms with van der Waals surface area (Å²) in [6, 6.07) is 11.9. The number of rotatable bonds is 2. The number of fused-ring (bicyclic) bond motifs is 3. The first-order chi connectivity index (χ1) is 13.5. The van der Waals surface area contributed by atoms with Crippen molar-refractivity contribution < 1.29 is 19.1 Å². The molecule has 0 aliphatic carbocycles. The first kappa shape index (κ1) is 18.0. The summed E-state index contributed by atoms with van der Waals surface area (Å²) in [5.74, 6) is -0.407. The molecule has 1 saturated heterocycles. The van der Waals surface area contributed by atoms with Crippen molar-refractivity contribution in [3.63, 3.8) is 0 Å². The summed E-state index contributed by atoms with van der Waals surface area (Å²) in [6.45, 7) is 1.21. The van der Waals surface area contributed by atoms with E-state index in [-0.39, 0.29) is 24.2 Å². The summed E-state index contributed by atoms with van der Waals surface area (Å²) in [5, 5.41) is 12.2. The van der Waals surface area contributed by atoms with Gasteiger partial charge < -0.3 is 20.2 Å². The Hall–Kier alpha value is -3.35. The SMILES string of the molecule is O=C1CC2CN(C(=O)O)CCN2c2cc(C=Cc3cccc(F)c3)ccc2N1. The summed E-state index contributed by atoms with van der Waals surface area (Å²) < 4.78 is 13.3. The highest BCUT2D eigenvalue weighted by molar-refractivity contribution is 5.97. The van der Waals surface area contributed by atoms with Crippen molar-refractivity contribution in [2.45, 2.75) is 12.5 Å². The molecule has 4 rings (SSSR count). The maximum Gasteiger partial charge on any atom is 0.407 e. The van der Waals surface area contributed by atoms with E-state index in [9.17, 15) is 19.1 Å². The number of nitrogens with one attached hydrogen (secondary N) is 1. The van der Waals surface area contributed by atoms with Crippen molar-refractivity contribution >= 4 is 35.5 Å². The topological polar surface area (TPSA) is 72.9 Å². The van der Waals surface area contributed by atoms with Crippen LogP contribution >= 0.6 is 0 Å². The molecule has 1 atom stereocenters. The lowest BCUT2D eigenvalue weighted by molar-refractivity contribution is -0.116. The lowest BCUT2D eigenvalue weighted by Gasteiger charge is -2.40. The van der Waals surface area contributed by atoms with Gasteiger partial charge in [-0.15, -0.1) is 0 Å². The van der Waals surface area contributed by atoms with Crippen LogP contribution in [0.5, 0.6) is 0 Å². The van der Waals surface area contributed by atoms with E-state index in [1.54, 1.807) is 6.07 Å². The zero-order chi connectivity index (χ0) is 19.7. The van der Waals surface area contributed by atoms with Crippen molar-refractivity contribution in [1.82, 2.24) is 4.90 Å². The Balaban J connectivity index is 1.63. The van der Waals surface area contributed by atoms with Crippen LogP contribution in [0, 0.1) is 5.82 Å². The standard InChI is InChI=1S/C21H20FN3O3/c22-16-3-1-2-14(10-16)4-5-15-6-7-18-19(11-15)25-9-8-24(21(27)28)13-17(25)12-20(26)23-18/h1-7,10-11,17H,8-9,12-13H2,(H,23,26)(H,27,28). The van der Waals surface area contributed by atoms with Gasteiger partial charge in [0.05, 0.1) is 17.4 Å². The average molecular weight is 381 g/mol. The number of piperazine rings is 1. The summed E-state index contributed by atoms with van der Waals surface area (Å²) in [4.78, 5) is 27.0. The third-order valence-electron chi connectivity index (χ3n) is 5.10. The predicted octanol–water partition coefficient (Wildman–Crippen LogP) is 3.51. The molecule has 0 radical (unpaired) electrons. The molecule has 2 amide bonds. The molecule has 0 aromatic heterocycles. The number of anilines is 2. The minimum atomic E-state index is -0.962. The number of carbonyl (C=O) groups excluding carboxylic acids is 1. The molecule has 0 saturated carbocycles. The minimum absolute atomic E-state index is 0.121. The maximum absolute atomic E-state index is 13.3. The number of amides is 2. The molecule has 2 aromatic rings. The fourth-order valence-corrected chi connectivity index (χ4v) is 3.73. The van der Waals surface area contributed by atoms with E-state index < -0.39 is 6.09 Å². The molecule has 6 nitrogen and oxygen atoms in total. The second-order valence-electron chi connectivity index (χ2n) is 6.99. The zero-order valence-electron chi connectivity index (χ0n) is 15.1. The average Bonchev–Trinajstić information content (AvgIpc) is 2.80.